The van der Waals surface area contributed by atoms with Gasteiger partial charge >= 0.3 is 35.0 Å². The Hall–Kier alpha value is -4.54. The zero-order chi connectivity index (χ0) is 37.1. The molecule has 0 saturated carbocycles. The first-order chi connectivity index (χ1) is 27.2. The summed E-state index contributed by atoms with van der Waals surface area (Å²) in [5.74, 6) is 0. The molecule has 10 aromatic rings. The van der Waals surface area contributed by atoms with Gasteiger partial charge < -0.3 is 8.83 Å². The summed E-state index contributed by atoms with van der Waals surface area (Å²) in [4.78, 5) is 0. The molecule has 0 amide bonds. The summed E-state index contributed by atoms with van der Waals surface area (Å²) in [7, 11) is 6.58. The summed E-state index contributed by atoms with van der Waals surface area (Å²) in [5, 5.41) is 12.6. The van der Waals surface area contributed by atoms with Crippen molar-refractivity contribution in [2.45, 2.75) is 0 Å². The number of hydrogen-bond acceptors (Lipinski definition) is 2. The molecule has 0 saturated heterocycles. The molecule has 0 aliphatic rings. The van der Waals surface area contributed by atoms with Gasteiger partial charge in [0.2, 0.25) is 0 Å². The molecule has 0 spiro atoms. The molecule has 0 fully saturated rings. The quantitative estimate of drug-likeness (QED) is 0.118. The second-order valence-electron chi connectivity index (χ2n) is 13.2. The average Bonchev–Trinajstić information content (AvgIpc) is 3.82. The van der Waals surface area contributed by atoms with Gasteiger partial charge in [0.25, 0.3) is 0 Å². The SMILES string of the molecule is [Cl][Pd][Cl].c1ccc([PH+](c2ccccc2)c2ccc3oc4ccccc4c3c2-c2c([PH+](c3ccccc3)c3ccccc3)ccc3oc4ccccc4c23)cc1. The van der Waals surface area contributed by atoms with E-state index in [9.17, 15) is 0 Å². The third kappa shape index (κ3) is 6.86. The predicted octanol–water partition coefficient (Wildman–Crippen LogP) is 11.5. The first kappa shape index (κ1) is 36.1. The van der Waals surface area contributed by atoms with E-state index in [1.807, 2.05) is 0 Å². The Morgan fingerprint density at radius 2 is 0.618 bits per heavy atom. The fourth-order valence-corrected chi connectivity index (χ4v) is 13.5. The Bertz CT molecular complexity index is 2600. The summed E-state index contributed by atoms with van der Waals surface area (Å²) in [6.07, 6.45) is 0. The van der Waals surface area contributed by atoms with Crippen molar-refractivity contribution in [3.8, 4) is 11.1 Å². The van der Waals surface area contributed by atoms with Crippen molar-refractivity contribution in [3.05, 3.63) is 194 Å². The molecule has 55 heavy (non-hydrogen) atoms. The molecule has 2 aromatic heterocycles. The summed E-state index contributed by atoms with van der Waals surface area (Å²) in [5.41, 5.74) is 6.06. The fourth-order valence-electron chi connectivity index (χ4n) is 7.94. The maximum Gasteiger partial charge on any atom is 0.136 e. The standard InChI is InChI=1S/C48H32O2P2.2ClH.Pd/c1-5-17-33(18-6-1)51(34-19-7-2-8-20-34)43-31-29-41-45(37-25-13-15-27-39(37)49-41)47(43)48-44(32-30-42-46(48)38-26-14-16-28-40(38)50-42)52(35-21-9-3-10-22-35)36-23-11-4-12-24-36;;;/h1-32H;2*1H;/q;;;+2. The van der Waals surface area contributed by atoms with Crippen molar-refractivity contribution in [1.82, 2.24) is 0 Å². The zero-order valence-electron chi connectivity index (χ0n) is 29.4. The van der Waals surface area contributed by atoms with Crippen molar-refractivity contribution in [2.24, 2.45) is 0 Å². The topological polar surface area (TPSA) is 26.3 Å². The largest absolute Gasteiger partial charge is 0.456 e. The van der Waals surface area contributed by atoms with Gasteiger partial charge in [-0.25, -0.2) is 0 Å². The minimum Gasteiger partial charge on any atom is -0.456 e. The molecular weight excluding hydrogens is 848 g/mol. The van der Waals surface area contributed by atoms with Gasteiger partial charge in [-0.15, -0.1) is 0 Å². The van der Waals surface area contributed by atoms with E-state index < -0.39 is 15.8 Å². The molecule has 8 aromatic carbocycles. The van der Waals surface area contributed by atoms with Crippen molar-refractivity contribution >= 4 is 111 Å². The molecule has 0 radical (unpaired) electrons. The van der Waals surface area contributed by atoms with Gasteiger partial charge in [0, 0.05) is 32.7 Å². The van der Waals surface area contributed by atoms with Crippen LogP contribution in [0.4, 0.5) is 0 Å². The van der Waals surface area contributed by atoms with E-state index in [2.05, 4.69) is 194 Å². The van der Waals surface area contributed by atoms with E-state index in [1.165, 1.54) is 43.0 Å². The number of halogens is 2. The minimum atomic E-state index is -1.53. The predicted molar refractivity (Wildman–Crippen MR) is 238 cm³/mol. The van der Waals surface area contributed by atoms with Gasteiger partial charge in [0.1, 0.15) is 54.2 Å². The molecule has 7 heteroatoms. The first-order valence-electron chi connectivity index (χ1n) is 17.9. The maximum atomic E-state index is 6.71. The van der Waals surface area contributed by atoms with Gasteiger partial charge in [-0.2, -0.15) is 0 Å². The molecule has 10 rings (SSSR count). The van der Waals surface area contributed by atoms with Crippen molar-refractivity contribution in [3.63, 3.8) is 0 Å². The van der Waals surface area contributed by atoms with Gasteiger partial charge in [0.15, 0.2) is 0 Å². The monoisotopic (exact) mass is 880 g/mol. The number of fused-ring (bicyclic) bond motifs is 6. The van der Waals surface area contributed by atoms with Gasteiger partial charge in [-0.1, -0.05) is 109 Å². The van der Waals surface area contributed by atoms with Gasteiger partial charge in [-0.05, 0) is 84.9 Å². The Labute approximate surface area is 338 Å². The van der Waals surface area contributed by atoms with Crippen LogP contribution < -0.4 is 31.8 Å². The van der Waals surface area contributed by atoms with Crippen molar-refractivity contribution in [1.29, 1.82) is 0 Å². The van der Waals surface area contributed by atoms with E-state index >= 15 is 0 Å². The summed E-state index contributed by atoms with van der Waals surface area (Å²) in [6, 6.07) is 70.5. The molecule has 0 bridgehead atoms. The normalized spacial score (nSPS) is 11.6. The van der Waals surface area contributed by atoms with Crippen LogP contribution in [0.2, 0.25) is 0 Å². The molecule has 270 valence electrons. The molecule has 0 N–H and O–H groups in total. The molecule has 0 unspecified atom stereocenters. The van der Waals surface area contributed by atoms with E-state index in [0.717, 1.165) is 43.9 Å². The van der Waals surface area contributed by atoms with Crippen LogP contribution in [0.25, 0.3) is 55.0 Å². The van der Waals surface area contributed by atoms with Crippen LogP contribution in [0.15, 0.2) is 203 Å². The Balaban J connectivity index is 0.00000128. The molecular formula is C48H34Cl2O2P2Pd+2. The van der Waals surface area contributed by atoms with E-state index in [0.29, 0.717) is 0 Å². The van der Waals surface area contributed by atoms with Crippen LogP contribution in [-0.4, -0.2) is 0 Å². The second kappa shape index (κ2) is 16.3. The smallest absolute Gasteiger partial charge is 0.136 e. The number of rotatable bonds is 7. The summed E-state index contributed by atoms with van der Waals surface area (Å²) >= 11 is -0.106. The second-order valence-corrected chi connectivity index (χ2v) is 20.4. The third-order valence-electron chi connectivity index (χ3n) is 10.1. The Kier molecular flexibility index (Phi) is 10.7. The van der Waals surface area contributed by atoms with Crippen LogP contribution in [0.3, 0.4) is 0 Å². The molecule has 2 nitrogen and oxygen atoms in total. The van der Waals surface area contributed by atoms with Gasteiger partial charge in [-0.3, -0.25) is 0 Å². The molecule has 0 aliphatic heterocycles. The Morgan fingerprint density at radius 1 is 0.327 bits per heavy atom. The molecule has 0 aliphatic carbocycles. The Morgan fingerprint density at radius 3 is 0.945 bits per heavy atom. The molecule has 2 heterocycles. The average molecular weight is 882 g/mol. The van der Waals surface area contributed by atoms with E-state index in [-0.39, 0.29) is 15.9 Å². The number of hydrogen-bond donors (Lipinski definition) is 0. The number of para-hydroxylation sites is 2. The van der Waals surface area contributed by atoms with Crippen LogP contribution in [0.5, 0.6) is 0 Å². The third-order valence-corrected chi connectivity index (χ3v) is 15.7. The summed E-state index contributed by atoms with van der Waals surface area (Å²) in [6.45, 7) is 0. The first-order valence-corrected chi connectivity index (χ1v) is 24.9. The minimum absolute atomic E-state index is 0.106. The van der Waals surface area contributed by atoms with Crippen LogP contribution in [0.1, 0.15) is 0 Å². The zero-order valence-corrected chi connectivity index (χ0v) is 34.4. The fraction of sp³-hybridized carbons (Fsp3) is 0. The summed E-state index contributed by atoms with van der Waals surface area (Å²) < 4.78 is 13.4. The van der Waals surface area contributed by atoms with Crippen LogP contribution in [-0.2, 0) is 15.9 Å². The van der Waals surface area contributed by atoms with Crippen LogP contribution in [0, 0.1) is 0 Å². The van der Waals surface area contributed by atoms with E-state index in [4.69, 9.17) is 27.9 Å². The van der Waals surface area contributed by atoms with E-state index in [1.54, 1.807) is 0 Å². The van der Waals surface area contributed by atoms with Crippen LogP contribution >= 0.6 is 34.9 Å². The van der Waals surface area contributed by atoms with Crippen molar-refractivity contribution < 1.29 is 24.8 Å². The number of benzene rings is 8. The maximum absolute atomic E-state index is 6.71. The van der Waals surface area contributed by atoms with Crippen molar-refractivity contribution in [2.75, 3.05) is 0 Å². The number of furan rings is 2. The molecule has 0 atom stereocenters. The van der Waals surface area contributed by atoms with Gasteiger partial charge in [0.05, 0.1) is 15.8 Å².